The Hall–Kier alpha value is -3.00. The number of rotatable bonds is 12. The fourth-order valence-corrected chi connectivity index (χ4v) is 13.5. The molecule has 4 saturated carbocycles. The normalized spacial score (nSPS) is 35.9. The summed E-state index contributed by atoms with van der Waals surface area (Å²) in [6, 6.07) is 10.1. The number of ether oxygens (including phenoxy) is 1. The van der Waals surface area contributed by atoms with E-state index in [2.05, 4.69) is 65.5 Å². The van der Waals surface area contributed by atoms with E-state index >= 15 is 0 Å². The van der Waals surface area contributed by atoms with Crippen molar-refractivity contribution in [2.75, 3.05) is 13.1 Å². The lowest BCUT2D eigenvalue weighted by Crippen LogP contribution is -2.65. The maximum atomic E-state index is 14.1. The van der Waals surface area contributed by atoms with Crippen molar-refractivity contribution in [1.29, 1.82) is 0 Å². The zero-order chi connectivity index (χ0) is 39.6. The minimum atomic E-state index is -1.17. The first-order valence-corrected chi connectivity index (χ1v) is 20.8. The standard InChI is InChI=1S/C46H67NO7/c1-29(2)38-32(48)25-46(23-24-47(28-36(49)50)27-30-13-11-10-12-14-30)22-21-44(8)31(39(38)46)15-16-34-43(7)19-18-35(54-37(51)26-41(3,4)40(52)53)42(5,6)33(43)17-20-45(34,44)9/h10-14,29,31,33-35H,15-28H2,1-9H3,(H,49,50)(H,52,53). The zero-order valence-corrected chi connectivity index (χ0v) is 34.6. The number of carbonyl (C=O) groups is 4. The summed E-state index contributed by atoms with van der Waals surface area (Å²) in [6.07, 6.45) is 9.06. The highest BCUT2D eigenvalue weighted by molar-refractivity contribution is 6.00. The summed E-state index contributed by atoms with van der Waals surface area (Å²) >= 11 is 0. The van der Waals surface area contributed by atoms with Crippen molar-refractivity contribution >= 4 is 23.7 Å². The summed E-state index contributed by atoms with van der Waals surface area (Å²) in [4.78, 5) is 53.1. The van der Waals surface area contributed by atoms with Gasteiger partial charge in [0.15, 0.2) is 5.78 Å². The number of carbonyl (C=O) groups excluding carboxylic acids is 2. The number of carboxylic acid groups (broad SMARTS) is 2. The van der Waals surface area contributed by atoms with Crippen LogP contribution >= 0.6 is 0 Å². The molecule has 0 aliphatic heterocycles. The molecule has 0 saturated heterocycles. The molecular formula is C46H67NO7. The van der Waals surface area contributed by atoms with Crippen LogP contribution in [0.4, 0.5) is 0 Å². The molecule has 0 radical (unpaired) electrons. The molecule has 0 heterocycles. The quantitative estimate of drug-likeness (QED) is 0.203. The molecule has 8 nitrogen and oxygen atoms in total. The number of carboxylic acids is 2. The fourth-order valence-electron chi connectivity index (χ4n) is 13.5. The lowest BCUT2D eigenvalue weighted by Gasteiger charge is -2.72. The largest absolute Gasteiger partial charge is 0.481 e. The zero-order valence-electron chi connectivity index (χ0n) is 34.6. The maximum absolute atomic E-state index is 14.1. The Morgan fingerprint density at radius 2 is 1.57 bits per heavy atom. The van der Waals surface area contributed by atoms with Crippen LogP contribution in [-0.4, -0.2) is 58.0 Å². The number of hydrogen-bond acceptors (Lipinski definition) is 6. The molecular weight excluding hydrogens is 679 g/mol. The Kier molecular flexibility index (Phi) is 10.7. The van der Waals surface area contributed by atoms with E-state index in [0.29, 0.717) is 43.0 Å². The number of allylic oxidation sites excluding steroid dienone is 2. The highest BCUT2D eigenvalue weighted by atomic mass is 16.5. The molecule has 5 aliphatic carbocycles. The number of hydrogen-bond donors (Lipinski definition) is 2. The van der Waals surface area contributed by atoms with Crippen LogP contribution in [0.5, 0.6) is 0 Å². The minimum Gasteiger partial charge on any atom is -0.481 e. The molecule has 8 atom stereocenters. The Labute approximate surface area is 323 Å². The fraction of sp³-hybridized carbons (Fsp3) is 0.739. The van der Waals surface area contributed by atoms with E-state index in [9.17, 15) is 29.4 Å². The van der Waals surface area contributed by atoms with Gasteiger partial charge < -0.3 is 14.9 Å². The summed E-state index contributed by atoms with van der Waals surface area (Å²) in [6.45, 7) is 20.9. The third-order valence-corrected chi connectivity index (χ3v) is 16.5. The Morgan fingerprint density at radius 1 is 0.889 bits per heavy atom. The van der Waals surface area contributed by atoms with Crippen molar-refractivity contribution in [3.05, 3.63) is 47.0 Å². The number of aliphatic carboxylic acids is 2. The van der Waals surface area contributed by atoms with Gasteiger partial charge in [0.1, 0.15) is 6.10 Å². The van der Waals surface area contributed by atoms with Crippen LogP contribution in [0, 0.1) is 56.2 Å². The van der Waals surface area contributed by atoms with Gasteiger partial charge in [-0.05, 0) is 129 Å². The van der Waals surface area contributed by atoms with Gasteiger partial charge in [-0.2, -0.15) is 0 Å². The number of ketones is 1. The summed E-state index contributed by atoms with van der Waals surface area (Å²) in [7, 11) is 0. The van der Waals surface area contributed by atoms with Crippen LogP contribution in [0.1, 0.15) is 139 Å². The molecule has 298 valence electrons. The highest BCUT2D eigenvalue weighted by Gasteiger charge is 2.70. The summed E-state index contributed by atoms with van der Waals surface area (Å²) in [5.74, 6) is -0.599. The van der Waals surface area contributed by atoms with Crippen LogP contribution in [0.2, 0.25) is 0 Å². The third kappa shape index (κ3) is 6.68. The van der Waals surface area contributed by atoms with Crippen LogP contribution < -0.4 is 0 Å². The van der Waals surface area contributed by atoms with E-state index in [1.807, 2.05) is 18.2 Å². The second-order valence-corrected chi connectivity index (χ2v) is 20.5. The molecule has 0 aromatic heterocycles. The molecule has 6 rings (SSSR count). The van der Waals surface area contributed by atoms with E-state index in [0.717, 1.165) is 68.9 Å². The molecule has 0 spiro atoms. The summed E-state index contributed by atoms with van der Waals surface area (Å²) < 4.78 is 6.17. The Bertz CT molecular complexity index is 1680. The lowest BCUT2D eigenvalue weighted by atomic mass is 9.33. The van der Waals surface area contributed by atoms with E-state index in [1.165, 1.54) is 5.57 Å². The third-order valence-electron chi connectivity index (χ3n) is 16.5. The average molecular weight is 746 g/mol. The van der Waals surface area contributed by atoms with Crippen molar-refractivity contribution < 1.29 is 34.1 Å². The maximum Gasteiger partial charge on any atom is 0.317 e. The molecule has 5 aliphatic rings. The van der Waals surface area contributed by atoms with Gasteiger partial charge in [0, 0.05) is 23.8 Å². The van der Waals surface area contributed by atoms with Crippen LogP contribution in [-0.2, 0) is 30.5 Å². The van der Waals surface area contributed by atoms with Gasteiger partial charge in [-0.15, -0.1) is 0 Å². The Balaban J connectivity index is 1.27. The number of benzene rings is 1. The van der Waals surface area contributed by atoms with Gasteiger partial charge in [0.05, 0.1) is 18.4 Å². The number of esters is 1. The van der Waals surface area contributed by atoms with E-state index in [-0.39, 0.29) is 52.1 Å². The number of nitrogens with zero attached hydrogens (tertiary/aromatic N) is 1. The van der Waals surface area contributed by atoms with Gasteiger partial charge in [-0.1, -0.05) is 84.4 Å². The van der Waals surface area contributed by atoms with Gasteiger partial charge in [-0.3, -0.25) is 24.1 Å². The summed E-state index contributed by atoms with van der Waals surface area (Å²) in [5.41, 5.74) is 2.11. The monoisotopic (exact) mass is 745 g/mol. The Morgan fingerprint density at radius 3 is 2.20 bits per heavy atom. The minimum absolute atomic E-state index is 0.0215. The van der Waals surface area contributed by atoms with Crippen molar-refractivity contribution in [3.63, 3.8) is 0 Å². The van der Waals surface area contributed by atoms with Crippen molar-refractivity contribution in [2.45, 2.75) is 146 Å². The second kappa shape index (κ2) is 14.2. The molecule has 4 fully saturated rings. The first-order valence-electron chi connectivity index (χ1n) is 20.8. The predicted octanol–water partition coefficient (Wildman–Crippen LogP) is 9.36. The first-order chi connectivity index (χ1) is 25.1. The SMILES string of the molecule is CC(C)C1=C2C3CCC4C5(C)CCC(OC(=O)CC(C)(C)C(=O)O)C(C)(C)C5CCC4(C)C3(C)CCC2(CCN(CC(=O)O)Cc2ccccc2)CC1=O. The van der Waals surface area contributed by atoms with Crippen molar-refractivity contribution in [3.8, 4) is 0 Å². The van der Waals surface area contributed by atoms with Gasteiger partial charge in [0.2, 0.25) is 0 Å². The number of fused-ring (bicyclic) bond motifs is 7. The van der Waals surface area contributed by atoms with Crippen LogP contribution in [0.15, 0.2) is 41.5 Å². The number of Topliss-reactive ketones (excluding diaryl/α,β-unsaturated/α-hetero) is 1. The molecule has 8 unspecified atom stereocenters. The lowest BCUT2D eigenvalue weighted by molar-refractivity contribution is -0.233. The van der Waals surface area contributed by atoms with E-state index in [1.54, 1.807) is 13.8 Å². The smallest absolute Gasteiger partial charge is 0.317 e. The van der Waals surface area contributed by atoms with Crippen molar-refractivity contribution in [2.24, 2.45) is 56.2 Å². The predicted molar refractivity (Wildman–Crippen MR) is 209 cm³/mol. The van der Waals surface area contributed by atoms with E-state index in [4.69, 9.17) is 4.74 Å². The highest BCUT2D eigenvalue weighted by Crippen LogP contribution is 2.77. The summed E-state index contributed by atoms with van der Waals surface area (Å²) in [5, 5.41) is 19.5. The topological polar surface area (TPSA) is 121 Å². The van der Waals surface area contributed by atoms with Crippen LogP contribution in [0.3, 0.4) is 0 Å². The molecule has 0 amide bonds. The average Bonchev–Trinajstić information content (AvgIpc) is 3.37. The van der Waals surface area contributed by atoms with Crippen LogP contribution in [0.25, 0.3) is 0 Å². The van der Waals surface area contributed by atoms with Crippen molar-refractivity contribution in [1.82, 2.24) is 4.90 Å². The molecule has 54 heavy (non-hydrogen) atoms. The molecule has 2 N–H and O–H groups in total. The molecule has 8 heteroatoms. The second-order valence-electron chi connectivity index (χ2n) is 20.5. The molecule has 1 aromatic rings. The van der Waals surface area contributed by atoms with Gasteiger partial charge >= 0.3 is 17.9 Å². The molecule has 1 aromatic carbocycles. The van der Waals surface area contributed by atoms with Gasteiger partial charge in [0.25, 0.3) is 0 Å². The first kappa shape index (κ1) is 40.7. The van der Waals surface area contributed by atoms with E-state index < -0.39 is 23.3 Å². The molecule has 0 bridgehead atoms. The van der Waals surface area contributed by atoms with Gasteiger partial charge in [-0.25, -0.2) is 0 Å².